The quantitative estimate of drug-likeness (QED) is 0.179. The number of carbonyl (C=O) groups excluding carboxylic acids is 4. The molecule has 0 saturated carbocycles. The fourth-order valence-electron chi connectivity index (χ4n) is 2.80. The first-order valence-corrected chi connectivity index (χ1v) is 9.20. The second-order valence-electron chi connectivity index (χ2n) is 6.48. The van der Waals surface area contributed by atoms with Gasteiger partial charge >= 0.3 is 0 Å². The summed E-state index contributed by atoms with van der Waals surface area (Å²) in [6.45, 7) is 0. The number of hydrazine groups is 2. The normalized spacial score (nSPS) is 10.2. The fraction of sp³-hybridized carbons (Fsp3) is 0. The summed E-state index contributed by atoms with van der Waals surface area (Å²) in [6, 6.07) is 16.3. The van der Waals surface area contributed by atoms with E-state index in [2.05, 4.69) is 5.43 Å². The molecule has 0 heterocycles. The Morgan fingerprint density at radius 1 is 0.688 bits per heavy atom. The molecule has 10 nitrogen and oxygen atoms in total. The van der Waals surface area contributed by atoms with E-state index in [0.29, 0.717) is 5.01 Å². The molecule has 32 heavy (non-hydrogen) atoms. The van der Waals surface area contributed by atoms with Gasteiger partial charge in [-0.05, 0) is 42.5 Å². The fourth-order valence-corrected chi connectivity index (χ4v) is 2.80. The predicted molar refractivity (Wildman–Crippen MR) is 112 cm³/mol. The molecule has 0 bridgehead atoms. The van der Waals surface area contributed by atoms with Crippen molar-refractivity contribution in [3.05, 3.63) is 95.1 Å². The highest BCUT2D eigenvalue weighted by atomic mass is 16.3. The third-order valence-electron chi connectivity index (χ3n) is 4.41. The Balaban J connectivity index is 2.02. The number of nitrogens with one attached hydrogen (secondary N) is 2. The lowest BCUT2D eigenvalue weighted by atomic mass is 10.1. The van der Waals surface area contributed by atoms with Crippen molar-refractivity contribution in [2.75, 3.05) is 0 Å². The number of phenolic OH excluding ortho intramolecular Hbond substituents is 2. The number of imide groups is 1. The second kappa shape index (κ2) is 9.41. The zero-order valence-electron chi connectivity index (χ0n) is 16.5. The van der Waals surface area contributed by atoms with Crippen molar-refractivity contribution in [1.29, 1.82) is 0 Å². The number of para-hydroxylation sites is 2. The highest BCUT2D eigenvalue weighted by Gasteiger charge is 2.29. The van der Waals surface area contributed by atoms with Gasteiger partial charge in [-0.25, -0.2) is 5.84 Å². The summed E-state index contributed by atoms with van der Waals surface area (Å²) in [5.41, 5.74) is 3.57. The Hall–Kier alpha value is -4.70. The Kier molecular flexibility index (Phi) is 6.47. The van der Waals surface area contributed by atoms with Crippen LogP contribution >= 0.6 is 0 Å². The summed E-state index contributed by atoms with van der Waals surface area (Å²) >= 11 is 0. The minimum atomic E-state index is -1.04. The van der Waals surface area contributed by atoms with Crippen molar-refractivity contribution < 1.29 is 29.4 Å². The maximum Gasteiger partial charge on any atom is 0.283 e. The summed E-state index contributed by atoms with van der Waals surface area (Å²) in [5.74, 6) is 0.691. The maximum absolute atomic E-state index is 13.2. The van der Waals surface area contributed by atoms with Gasteiger partial charge in [0.25, 0.3) is 23.6 Å². The van der Waals surface area contributed by atoms with E-state index in [0.717, 1.165) is 0 Å². The van der Waals surface area contributed by atoms with Gasteiger partial charge in [0, 0.05) is 11.1 Å². The molecule has 0 fully saturated rings. The van der Waals surface area contributed by atoms with E-state index in [-0.39, 0.29) is 28.0 Å². The topological polar surface area (TPSA) is 162 Å². The summed E-state index contributed by atoms with van der Waals surface area (Å²) < 4.78 is 0. The Morgan fingerprint density at radius 2 is 1.25 bits per heavy atom. The number of benzene rings is 3. The maximum atomic E-state index is 13.2. The van der Waals surface area contributed by atoms with Gasteiger partial charge in [0.05, 0.1) is 11.1 Å². The van der Waals surface area contributed by atoms with Gasteiger partial charge in [-0.2, -0.15) is 5.01 Å². The highest BCUT2D eigenvalue weighted by molar-refractivity contribution is 6.13. The van der Waals surface area contributed by atoms with Crippen LogP contribution in [0.5, 0.6) is 11.5 Å². The molecule has 0 saturated heterocycles. The molecule has 0 unspecified atom stereocenters. The molecule has 162 valence electrons. The number of nitrogen functional groups attached to an aromatic ring is 1. The monoisotopic (exact) mass is 434 g/mol. The number of amides is 4. The van der Waals surface area contributed by atoms with Crippen LogP contribution in [0, 0.1) is 0 Å². The molecule has 0 spiro atoms. The van der Waals surface area contributed by atoms with Gasteiger partial charge in [0.1, 0.15) is 11.5 Å². The number of rotatable bonds is 4. The van der Waals surface area contributed by atoms with Crippen LogP contribution in [0.25, 0.3) is 0 Å². The first kappa shape index (κ1) is 22.0. The SMILES string of the molecule is NNC(=O)c1cccc(C(=O)N(NC(=O)c2ccccc2O)C(=O)c2ccccc2O)c1. The Labute approximate surface area is 181 Å². The largest absolute Gasteiger partial charge is 0.507 e. The zero-order valence-corrected chi connectivity index (χ0v) is 16.5. The molecule has 3 aromatic rings. The van der Waals surface area contributed by atoms with E-state index in [1.54, 1.807) is 0 Å². The van der Waals surface area contributed by atoms with Crippen LogP contribution in [0.4, 0.5) is 0 Å². The zero-order chi connectivity index (χ0) is 23.3. The number of hydrogen-bond acceptors (Lipinski definition) is 7. The molecule has 0 aliphatic carbocycles. The van der Waals surface area contributed by atoms with Crippen molar-refractivity contribution in [2.24, 2.45) is 5.84 Å². The molecule has 10 heteroatoms. The first-order chi connectivity index (χ1) is 15.3. The number of phenols is 2. The molecule has 3 rings (SSSR count). The summed E-state index contributed by atoms with van der Waals surface area (Å²) in [5, 5.41) is 20.4. The third-order valence-corrected chi connectivity index (χ3v) is 4.41. The highest BCUT2D eigenvalue weighted by Crippen LogP contribution is 2.20. The van der Waals surface area contributed by atoms with Gasteiger partial charge in [0.15, 0.2) is 0 Å². The predicted octanol–water partition coefficient (Wildman–Crippen LogP) is 1.33. The number of nitrogens with two attached hydrogens (primary N) is 1. The van der Waals surface area contributed by atoms with E-state index in [1.807, 2.05) is 5.43 Å². The minimum Gasteiger partial charge on any atom is -0.507 e. The van der Waals surface area contributed by atoms with Gasteiger partial charge in [-0.15, -0.1) is 0 Å². The number of hydrogen-bond donors (Lipinski definition) is 5. The molecule has 0 aromatic heterocycles. The summed E-state index contributed by atoms with van der Waals surface area (Å²) in [6.07, 6.45) is 0. The Morgan fingerprint density at radius 3 is 1.84 bits per heavy atom. The lowest BCUT2D eigenvalue weighted by molar-refractivity contribution is 0.0481. The Bertz CT molecular complexity index is 1210. The smallest absolute Gasteiger partial charge is 0.283 e. The van der Waals surface area contributed by atoms with Crippen LogP contribution in [-0.4, -0.2) is 38.9 Å². The van der Waals surface area contributed by atoms with Crippen LogP contribution in [0.2, 0.25) is 0 Å². The van der Waals surface area contributed by atoms with Gasteiger partial charge < -0.3 is 10.2 Å². The summed E-state index contributed by atoms with van der Waals surface area (Å²) in [7, 11) is 0. The molecule has 0 aliphatic rings. The molecule has 6 N–H and O–H groups in total. The van der Waals surface area contributed by atoms with Crippen LogP contribution < -0.4 is 16.7 Å². The van der Waals surface area contributed by atoms with Gasteiger partial charge in [-0.1, -0.05) is 30.3 Å². The minimum absolute atomic E-state index is 0.0420. The molecule has 4 amide bonds. The van der Waals surface area contributed by atoms with Crippen LogP contribution in [0.1, 0.15) is 41.4 Å². The standard InChI is InChI=1S/C22H18N4O6/c23-24-19(29)13-6-5-7-14(12-13)21(31)26(22(32)16-9-2-4-11-18(16)28)25-20(30)15-8-1-3-10-17(15)27/h1-12,27-28H,23H2,(H,24,29)(H,25,30). The van der Waals surface area contributed by atoms with E-state index < -0.39 is 29.4 Å². The van der Waals surface area contributed by atoms with E-state index in [1.165, 1.54) is 72.8 Å². The average molecular weight is 434 g/mol. The van der Waals surface area contributed by atoms with Crippen molar-refractivity contribution >= 4 is 23.6 Å². The lowest BCUT2D eigenvalue weighted by Gasteiger charge is -2.22. The molecule has 0 radical (unpaired) electrons. The van der Waals surface area contributed by atoms with Crippen LogP contribution in [-0.2, 0) is 0 Å². The van der Waals surface area contributed by atoms with Crippen molar-refractivity contribution in [2.45, 2.75) is 0 Å². The molecular weight excluding hydrogens is 416 g/mol. The van der Waals surface area contributed by atoms with Crippen molar-refractivity contribution in [3.8, 4) is 11.5 Å². The number of nitrogens with zero attached hydrogens (tertiary/aromatic N) is 1. The second-order valence-corrected chi connectivity index (χ2v) is 6.48. The van der Waals surface area contributed by atoms with Crippen LogP contribution in [0.3, 0.4) is 0 Å². The van der Waals surface area contributed by atoms with E-state index in [9.17, 15) is 29.4 Å². The first-order valence-electron chi connectivity index (χ1n) is 9.20. The van der Waals surface area contributed by atoms with Crippen LogP contribution in [0.15, 0.2) is 72.8 Å². The number of aromatic hydroxyl groups is 2. The average Bonchev–Trinajstić information content (AvgIpc) is 2.81. The molecule has 0 aliphatic heterocycles. The third kappa shape index (κ3) is 4.55. The van der Waals surface area contributed by atoms with Crippen molar-refractivity contribution in [1.82, 2.24) is 15.9 Å². The van der Waals surface area contributed by atoms with E-state index in [4.69, 9.17) is 5.84 Å². The van der Waals surface area contributed by atoms with Crippen molar-refractivity contribution in [3.63, 3.8) is 0 Å². The van der Waals surface area contributed by atoms with Gasteiger partial charge in [0.2, 0.25) is 0 Å². The molecule has 3 aromatic carbocycles. The van der Waals surface area contributed by atoms with Gasteiger partial charge in [-0.3, -0.25) is 30.0 Å². The summed E-state index contributed by atoms with van der Waals surface area (Å²) in [4.78, 5) is 50.7. The lowest BCUT2D eigenvalue weighted by Crippen LogP contribution is -2.50. The molecular formula is C22H18N4O6. The van der Waals surface area contributed by atoms with E-state index >= 15 is 0 Å². The number of carbonyl (C=O) groups is 4. The molecule has 0 atom stereocenters.